The average Bonchev–Trinajstić information content (AvgIpc) is 2.53. The first-order chi connectivity index (χ1) is 9.72. The van der Waals surface area contributed by atoms with E-state index < -0.39 is 0 Å². The lowest BCUT2D eigenvalue weighted by Crippen LogP contribution is -2.18. The normalized spacial score (nSPS) is 11.7. The molecular weight excluding hydrogens is 248 g/mol. The topological polar surface area (TPSA) is 45.0 Å². The minimum absolute atomic E-state index is 0.237. The second kappa shape index (κ2) is 6.74. The minimum Gasteiger partial charge on any atom is -0.497 e. The summed E-state index contributed by atoms with van der Waals surface area (Å²) in [5.41, 5.74) is 3.05. The third kappa shape index (κ3) is 3.59. The number of hydrogen-bond acceptors (Lipinski definition) is 3. The van der Waals surface area contributed by atoms with Gasteiger partial charge < -0.3 is 10.1 Å². The van der Waals surface area contributed by atoms with Crippen molar-refractivity contribution in [2.45, 2.75) is 19.5 Å². The third-order valence-electron chi connectivity index (χ3n) is 3.29. The zero-order valence-electron chi connectivity index (χ0n) is 11.8. The lowest BCUT2D eigenvalue weighted by Gasteiger charge is -2.15. The summed E-state index contributed by atoms with van der Waals surface area (Å²) in [6.07, 6.45) is 0. The largest absolute Gasteiger partial charge is 0.497 e. The average molecular weight is 266 g/mol. The minimum atomic E-state index is 0.237. The Morgan fingerprint density at radius 1 is 1.20 bits per heavy atom. The summed E-state index contributed by atoms with van der Waals surface area (Å²) in [6, 6.07) is 18.0. The fourth-order valence-electron chi connectivity index (χ4n) is 2.00. The molecule has 1 N–H and O–H groups in total. The van der Waals surface area contributed by atoms with Crippen molar-refractivity contribution in [2.75, 3.05) is 7.11 Å². The Labute approximate surface area is 119 Å². The van der Waals surface area contributed by atoms with Crippen molar-refractivity contribution in [1.82, 2.24) is 5.32 Å². The lowest BCUT2D eigenvalue weighted by molar-refractivity contribution is 0.413. The SMILES string of the molecule is COc1cccc(C(C)NCc2ccc(C#N)cc2)c1. The maximum absolute atomic E-state index is 8.77. The van der Waals surface area contributed by atoms with Crippen LogP contribution >= 0.6 is 0 Å². The number of methoxy groups -OCH3 is 1. The molecule has 0 heterocycles. The van der Waals surface area contributed by atoms with Gasteiger partial charge in [-0.2, -0.15) is 5.26 Å². The fraction of sp³-hybridized carbons (Fsp3) is 0.235. The Hall–Kier alpha value is -2.31. The van der Waals surface area contributed by atoms with Gasteiger partial charge in [-0.3, -0.25) is 0 Å². The second-order valence-corrected chi connectivity index (χ2v) is 4.69. The van der Waals surface area contributed by atoms with Gasteiger partial charge in [-0.1, -0.05) is 24.3 Å². The zero-order valence-corrected chi connectivity index (χ0v) is 11.8. The van der Waals surface area contributed by atoms with Crippen LogP contribution in [0.4, 0.5) is 0 Å². The molecule has 0 radical (unpaired) electrons. The summed E-state index contributed by atoms with van der Waals surface area (Å²) in [4.78, 5) is 0. The highest BCUT2D eigenvalue weighted by Crippen LogP contribution is 2.19. The number of ether oxygens (including phenoxy) is 1. The van der Waals surface area contributed by atoms with Crippen LogP contribution in [0.3, 0.4) is 0 Å². The number of nitrogens with zero attached hydrogens (tertiary/aromatic N) is 1. The van der Waals surface area contributed by atoms with E-state index in [1.165, 1.54) is 11.1 Å². The molecule has 1 atom stereocenters. The Morgan fingerprint density at radius 2 is 1.95 bits per heavy atom. The molecule has 2 aromatic rings. The number of benzene rings is 2. The highest BCUT2D eigenvalue weighted by molar-refractivity contribution is 5.32. The molecule has 0 aromatic heterocycles. The Balaban J connectivity index is 1.97. The van der Waals surface area contributed by atoms with Crippen LogP contribution < -0.4 is 10.1 Å². The van der Waals surface area contributed by atoms with Crippen LogP contribution in [-0.4, -0.2) is 7.11 Å². The number of rotatable bonds is 5. The predicted octanol–water partition coefficient (Wildman–Crippen LogP) is 3.42. The highest BCUT2D eigenvalue weighted by atomic mass is 16.5. The van der Waals surface area contributed by atoms with Gasteiger partial charge in [0.2, 0.25) is 0 Å². The smallest absolute Gasteiger partial charge is 0.119 e. The molecule has 0 aliphatic heterocycles. The van der Waals surface area contributed by atoms with Crippen LogP contribution in [0.2, 0.25) is 0 Å². The molecule has 20 heavy (non-hydrogen) atoms. The van der Waals surface area contributed by atoms with Gasteiger partial charge in [0.15, 0.2) is 0 Å². The molecular formula is C17H18N2O. The summed E-state index contributed by atoms with van der Waals surface area (Å²) in [6.45, 7) is 2.89. The van der Waals surface area contributed by atoms with Gasteiger partial charge in [-0.05, 0) is 42.3 Å². The standard InChI is InChI=1S/C17H18N2O/c1-13(16-4-3-5-17(10-16)20-2)19-12-15-8-6-14(11-18)7-9-15/h3-10,13,19H,12H2,1-2H3. The van der Waals surface area contributed by atoms with E-state index in [0.717, 1.165) is 12.3 Å². The van der Waals surface area contributed by atoms with Crippen molar-refractivity contribution in [2.24, 2.45) is 0 Å². The predicted molar refractivity (Wildman–Crippen MR) is 79.4 cm³/mol. The molecule has 2 aromatic carbocycles. The maximum atomic E-state index is 8.77. The molecule has 0 aliphatic rings. The zero-order chi connectivity index (χ0) is 14.4. The van der Waals surface area contributed by atoms with Crippen molar-refractivity contribution in [1.29, 1.82) is 5.26 Å². The molecule has 0 saturated heterocycles. The van der Waals surface area contributed by atoms with Gasteiger partial charge in [-0.25, -0.2) is 0 Å². The van der Waals surface area contributed by atoms with Crippen molar-refractivity contribution >= 4 is 0 Å². The van der Waals surface area contributed by atoms with E-state index in [9.17, 15) is 0 Å². The van der Waals surface area contributed by atoms with E-state index in [0.29, 0.717) is 5.56 Å². The molecule has 2 rings (SSSR count). The van der Waals surface area contributed by atoms with Crippen LogP contribution in [0.25, 0.3) is 0 Å². The first-order valence-electron chi connectivity index (χ1n) is 6.59. The molecule has 0 aliphatic carbocycles. The molecule has 0 fully saturated rings. The van der Waals surface area contributed by atoms with Crippen LogP contribution in [0.1, 0.15) is 29.7 Å². The van der Waals surface area contributed by atoms with E-state index in [1.807, 2.05) is 42.5 Å². The van der Waals surface area contributed by atoms with Crippen molar-refractivity contribution in [3.63, 3.8) is 0 Å². The van der Waals surface area contributed by atoms with E-state index in [1.54, 1.807) is 7.11 Å². The van der Waals surface area contributed by atoms with Crippen LogP contribution in [-0.2, 0) is 6.54 Å². The monoisotopic (exact) mass is 266 g/mol. The van der Waals surface area contributed by atoms with Gasteiger partial charge in [0.25, 0.3) is 0 Å². The lowest BCUT2D eigenvalue weighted by atomic mass is 10.1. The quantitative estimate of drug-likeness (QED) is 0.902. The van der Waals surface area contributed by atoms with Gasteiger partial charge >= 0.3 is 0 Å². The number of nitriles is 1. The molecule has 0 amide bonds. The number of hydrogen-bond donors (Lipinski definition) is 1. The molecule has 3 nitrogen and oxygen atoms in total. The summed E-state index contributed by atoms with van der Waals surface area (Å²) >= 11 is 0. The summed E-state index contributed by atoms with van der Waals surface area (Å²) < 4.78 is 5.23. The molecule has 0 bridgehead atoms. The van der Waals surface area contributed by atoms with E-state index >= 15 is 0 Å². The Bertz CT molecular complexity index is 599. The first-order valence-corrected chi connectivity index (χ1v) is 6.59. The summed E-state index contributed by atoms with van der Waals surface area (Å²) in [5, 5.41) is 12.2. The van der Waals surface area contributed by atoms with Gasteiger partial charge in [-0.15, -0.1) is 0 Å². The van der Waals surface area contributed by atoms with E-state index in [4.69, 9.17) is 10.00 Å². The van der Waals surface area contributed by atoms with Gasteiger partial charge in [0.1, 0.15) is 5.75 Å². The molecule has 0 saturated carbocycles. The van der Waals surface area contributed by atoms with Crippen LogP contribution in [0.5, 0.6) is 5.75 Å². The molecule has 3 heteroatoms. The third-order valence-corrected chi connectivity index (χ3v) is 3.29. The van der Waals surface area contributed by atoms with Crippen LogP contribution in [0, 0.1) is 11.3 Å². The van der Waals surface area contributed by atoms with Crippen molar-refractivity contribution in [3.05, 3.63) is 65.2 Å². The highest BCUT2D eigenvalue weighted by Gasteiger charge is 2.05. The second-order valence-electron chi connectivity index (χ2n) is 4.69. The molecule has 0 spiro atoms. The number of nitrogens with one attached hydrogen (secondary N) is 1. The molecule has 102 valence electrons. The van der Waals surface area contributed by atoms with E-state index in [2.05, 4.69) is 24.4 Å². The Kier molecular flexibility index (Phi) is 4.75. The van der Waals surface area contributed by atoms with Crippen molar-refractivity contribution < 1.29 is 4.74 Å². The van der Waals surface area contributed by atoms with E-state index in [-0.39, 0.29) is 6.04 Å². The maximum Gasteiger partial charge on any atom is 0.119 e. The summed E-state index contributed by atoms with van der Waals surface area (Å²) in [7, 11) is 1.67. The van der Waals surface area contributed by atoms with Crippen molar-refractivity contribution in [3.8, 4) is 11.8 Å². The van der Waals surface area contributed by atoms with Crippen LogP contribution in [0.15, 0.2) is 48.5 Å². The fourth-order valence-corrected chi connectivity index (χ4v) is 2.00. The first kappa shape index (κ1) is 14.1. The van der Waals surface area contributed by atoms with Gasteiger partial charge in [0, 0.05) is 12.6 Å². The van der Waals surface area contributed by atoms with Gasteiger partial charge in [0.05, 0.1) is 18.7 Å². The Morgan fingerprint density at radius 3 is 2.60 bits per heavy atom. The summed E-state index contributed by atoms with van der Waals surface area (Å²) in [5.74, 6) is 0.870. The molecule has 1 unspecified atom stereocenters.